The lowest BCUT2D eigenvalue weighted by atomic mass is 10.1. The van der Waals surface area contributed by atoms with Crippen LogP contribution in [0.2, 0.25) is 0 Å². The molecular weight excluding hydrogens is 216 g/mol. The molecule has 0 amide bonds. The fourth-order valence-corrected chi connectivity index (χ4v) is 0.893. The summed E-state index contributed by atoms with van der Waals surface area (Å²) in [6.45, 7) is 0. The molecule has 0 aliphatic carbocycles. The van der Waals surface area contributed by atoms with E-state index >= 15 is 0 Å². The van der Waals surface area contributed by atoms with Crippen LogP contribution in [0.5, 0.6) is 0 Å². The Bertz CT molecular complexity index is 414. The average molecular weight is 220 g/mol. The topological polar surface area (TPSA) is 37.3 Å². The molecule has 2 nitrogen and oxygen atoms in total. The van der Waals surface area contributed by atoms with Gasteiger partial charge in [-0.15, -0.1) is 0 Å². The van der Waals surface area contributed by atoms with Crippen molar-refractivity contribution in [3.8, 4) is 0 Å². The first-order chi connectivity index (χ1) is 6.93. The Hall–Kier alpha value is -1.85. The minimum atomic E-state index is -1.63. The molecule has 0 atom stereocenters. The lowest BCUT2D eigenvalue weighted by Gasteiger charge is -2.01. The molecule has 0 spiro atoms. The van der Waals surface area contributed by atoms with Gasteiger partial charge in [0.2, 0.25) is 0 Å². The molecule has 6 heteroatoms. The molecule has 1 aromatic carbocycles. The van der Waals surface area contributed by atoms with Crippen LogP contribution in [0, 0.1) is 23.3 Å². The van der Waals surface area contributed by atoms with Crippen molar-refractivity contribution >= 4 is 12.0 Å². The van der Waals surface area contributed by atoms with Crippen molar-refractivity contribution in [3.05, 3.63) is 41.0 Å². The minimum absolute atomic E-state index is 0.0444. The van der Waals surface area contributed by atoms with Gasteiger partial charge in [-0.05, 0) is 6.08 Å². The number of carboxylic acid groups (broad SMARTS) is 1. The van der Waals surface area contributed by atoms with Gasteiger partial charge in [-0.25, -0.2) is 22.4 Å². The standard InChI is InChI=1S/C9H4F4O2/c10-5-3-6(11)9(13)4(8(5)12)1-2-7(14)15/h1-3H,(H,14,15)/b2-1+. The molecule has 1 rings (SSSR count). The molecule has 0 bridgehead atoms. The molecule has 15 heavy (non-hydrogen) atoms. The number of rotatable bonds is 2. The Morgan fingerprint density at radius 2 is 1.60 bits per heavy atom. The number of carboxylic acids is 1. The maximum absolute atomic E-state index is 12.9. The molecule has 0 radical (unpaired) electrons. The summed E-state index contributed by atoms with van der Waals surface area (Å²) in [6.07, 6.45) is 0.819. The van der Waals surface area contributed by atoms with Gasteiger partial charge in [0, 0.05) is 12.1 Å². The zero-order chi connectivity index (χ0) is 11.6. The molecule has 1 N–H and O–H groups in total. The Morgan fingerprint density at radius 1 is 1.13 bits per heavy atom. The number of carbonyl (C=O) groups is 1. The van der Waals surface area contributed by atoms with E-state index in [2.05, 4.69) is 0 Å². The molecule has 0 fully saturated rings. The van der Waals surface area contributed by atoms with Crippen LogP contribution < -0.4 is 0 Å². The van der Waals surface area contributed by atoms with E-state index in [1.54, 1.807) is 0 Å². The summed E-state index contributed by atoms with van der Waals surface area (Å²) in [6, 6.07) is 0.0444. The molecule has 0 saturated carbocycles. The van der Waals surface area contributed by atoms with Gasteiger partial charge in [0.25, 0.3) is 0 Å². The zero-order valence-corrected chi connectivity index (χ0v) is 7.10. The van der Waals surface area contributed by atoms with E-state index in [-0.39, 0.29) is 6.07 Å². The third kappa shape index (κ3) is 2.34. The third-order valence-corrected chi connectivity index (χ3v) is 1.54. The van der Waals surface area contributed by atoms with Crippen molar-refractivity contribution in [1.29, 1.82) is 0 Å². The molecule has 0 unspecified atom stereocenters. The van der Waals surface area contributed by atoms with E-state index < -0.39 is 34.8 Å². The quantitative estimate of drug-likeness (QED) is 0.471. The first-order valence-corrected chi connectivity index (χ1v) is 3.67. The van der Waals surface area contributed by atoms with Gasteiger partial charge in [0.05, 0.1) is 5.56 Å². The van der Waals surface area contributed by atoms with Crippen molar-refractivity contribution in [1.82, 2.24) is 0 Å². The SMILES string of the molecule is O=C(O)/C=C/c1c(F)c(F)cc(F)c1F. The van der Waals surface area contributed by atoms with Crippen LogP contribution in [-0.2, 0) is 4.79 Å². The lowest BCUT2D eigenvalue weighted by Crippen LogP contribution is -1.98. The number of hydrogen-bond donors (Lipinski definition) is 1. The Morgan fingerprint density at radius 3 is 2.00 bits per heavy atom. The third-order valence-electron chi connectivity index (χ3n) is 1.54. The highest BCUT2D eigenvalue weighted by Crippen LogP contribution is 2.20. The lowest BCUT2D eigenvalue weighted by molar-refractivity contribution is -0.131. The van der Waals surface area contributed by atoms with Gasteiger partial charge in [0.1, 0.15) is 0 Å². The molecule has 0 aliphatic rings. The number of halogens is 4. The van der Waals surface area contributed by atoms with Gasteiger partial charge in [-0.2, -0.15) is 0 Å². The van der Waals surface area contributed by atoms with E-state index in [1.807, 2.05) is 0 Å². The Balaban J connectivity index is 3.33. The van der Waals surface area contributed by atoms with Crippen molar-refractivity contribution in [2.45, 2.75) is 0 Å². The van der Waals surface area contributed by atoms with Crippen LogP contribution in [0.4, 0.5) is 17.6 Å². The molecule has 0 saturated heterocycles. The Labute approximate surface area is 81.5 Å². The van der Waals surface area contributed by atoms with Gasteiger partial charge in [0.15, 0.2) is 23.3 Å². The van der Waals surface area contributed by atoms with Crippen LogP contribution in [-0.4, -0.2) is 11.1 Å². The van der Waals surface area contributed by atoms with E-state index in [4.69, 9.17) is 5.11 Å². The molecule has 80 valence electrons. The summed E-state index contributed by atoms with van der Waals surface area (Å²) in [4.78, 5) is 10.0. The van der Waals surface area contributed by atoms with Gasteiger partial charge in [-0.3, -0.25) is 0 Å². The first kappa shape index (κ1) is 11.2. The molecule has 0 aromatic heterocycles. The highest BCUT2D eigenvalue weighted by molar-refractivity contribution is 5.85. The number of benzene rings is 1. The molecule has 1 aromatic rings. The molecular formula is C9H4F4O2. The summed E-state index contributed by atoms with van der Waals surface area (Å²) in [7, 11) is 0. The maximum Gasteiger partial charge on any atom is 0.328 e. The van der Waals surface area contributed by atoms with Crippen LogP contribution in [0.25, 0.3) is 6.08 Å². The number of hydrogen-bond acceptors (Lipinski definition) is 1. The fourth-order valence-electron chi connectivity index (χ4n) is 0.893. The van der Waals surface area contributed by atoms with Crippen LogP contribution >= 0.6 is 0 Å². The predicted octanol–water partition coefficient (Wildman–Crippen LogP) is 2.34. The van der Waals surface area contributed by atoms with Crippen molar-refractivity contribution in [2.75, 3.05) is 0 Å². The average Bonchev–Trinajstić information content (AvgIpc) is 2.14. The predicted molar refractivity (Wildman–Crippen MR) is 42.9 cm³/mol. The van der Waals surface area contributed by atoms with Gasteiger partial charge in [-0.1, -0.05) is 0 Å². The van der Waals surface area contributed by atoms with Gasteiger partial charge < -0.3 is 5.11 Å². The van der Waals surface area contributed by atoms with E-state index in [0.717, 1.165) is 0 Å². The van der Waals surface area contributed by atoms with Crippen LogP contribution in [0.15, 0.2) is 12.1 Å². The van der Waals surface area contributed by atoms with Crippen LogP contribution in [0.3, 0.4) is 0 Å². The molecule has 0 heterocycles. The van der Waals surface area contributed by atoms with E-state index in [0.29, 0.717) is 12.2 Å². The summed E-state index contributed by atoms with van der Waals surface area (Å²) in [5.74, 6) is -7.92. The first-order valence-electron chi connectivity index (χ1n) is 3.67. The second-order valence-electron chi connectivity index (χ2n) is 2.55. The highest BCUT2D eigenvalue weighted by atomic mass is 19.2. The normalized spacial score (nSPS) is 10.9. The fraction of sp³-hybridized carbons (Fsp3) is 0. The van der Waals surface area contributed by atoms with Crippen LogP contribution in [0.1, 0.15) is 5.56 Å². The largest absolute Gasteiger partial charge is 0.478 e. The van der Waals surface area contributed by atoms with Crippen molar-refractivity contribution in [3.63, 3.8) is 0 Å². The van der Waals surface area contributed by atoms with Crippen molar-refractivity contribution in [2.24, 2.45) is 0 Å². The summed E-state index contributed by atoms with van der Waals surface area (Å²) in [5, 5.41) is 8.18. The summed E-state index contributed by atoms with van der Waals surface area (Å²) in [5.41, 5.74) is -1.06. The zero-order valence-electron chi connectivity index (χ0n) is 7.10. The number of aliphatic carboxylic acids is 1. The van der Waals surface area contributed by atoms with Crippen molar-refractivity contribution < 1.29 is 27.5 Å². The highest BCUT2D eigenvalue weighted by Gasteiger charge is 2.16. The summed E-state index contributed by atoms with van der Waals surface area (Å²) < 4.78 is 50.9. The smallest absolute Gasteiger partial charge is 0.328 e. The van der Waals surface area contributed by atoms with E-state index in [1.165, 1.54) is 0 Å². The van der Waals surface area contributed by atoms with E-state index in [9.17, 15) is 22.4 Å². The molecule has 0 aliphatic heterocycles. The maximum atomic E-state index is 12.9. The summed E-state index contributed by atoms with van der Waals surface area (Å²) >= 11 is 0. The Kier molecular flexibility index (Phi) is 3.08. The second kappa shape index (κ2) is 4.12. The van der Waals surface area contributed by atoms with Gasteiger partial charge >= 0.3 is 5.97 Å². The second-order valence-corrected chi connectivity index (χ2v) is 2.55. The minimum Gasteiger partial charge on any atom is -0.478 e. The monoisotopic (exact) mass is 220 g/mol.